The van der Waals surface area contributed by atoms with Gasteiger partial charge in [-0.15, -0.1) is 0 Å². The van der Waals surface area contributed by atoms with E-state index in [0.29, 0.717) is 12.1 Å². The number of aromatic nitrogens is 5. The topological polar surface area (TPSA) is 83.2 Å². The summed E-state index contributed by atoms with van der Waals surface area (Å²) >= 11 is 0. The highest BCUT2D eigenvalue weighted by molar-refractivity contribution is 5.81. The molecule has 0 radical (unpaired) electrons. The van der Waals surface area contributed by atoms with E-state index in [9.17, 15) is 0 Å². The fourth-order valence-corrected chi connectivity index (χ4v) is 2.73. The quantitative estimate of drug-likeness (QED) is 0.630. The predicted octanol–water partition coefficient (Wildman–Crippen LogP) is 3.05. The molecule has 6 nitrogen and oxygen atoms in total. The van der Waals surface area contributed by atoms with Gasteiger partial charge in [0.25, 0.3) is 0 Å². The maximum absolute atomic E-state index is 8.88. The summed E-state index contributed by atoms with van der Waals surface area (Å²) in [5, 5.41) is 20.5. The molecule has 3 heterocycles. The molecule has 0 aliphatic heterocycles. The van der Waals surface area contributed by atoms with Gasteiger partial charge in [-0.2, -0.15) is 15.5 Å². The van der Waals surface area contributed by atoms with Crippen LogP contribution in [0.2, 0.25) is 0 Å². The molecule has 0 spiro atoms. The summed E-state index contributed by atoms with van der Waals surface area (Å²) in [6.45, 7) is 2.59. The van der Waals surface area contributed by atoms with Crippen molar-refractivity contribution in [1.82, 2.24) is 25.0 Å². The van der Waals surface area contributed by atoms with Crippen LogP contribution in [0.15, 0.2) is 48.8 Å². The molecule has 1 N–H and O–H groups in total. The third-order valence-electron chi connectivity index (χ3n) is 3.99. The van der Waals surface area contributed by atoms with Crippen LogP contribution in [0, 0.1) is 18.3 Å². The van der Waals surface area contributed by atoms with E-state index in [1.807, 2.05) is 54.2 Å². The van der Waals surface area contributed by atoms with Crippen LogP contribution in [-0.4, -0.2) is 25.0 Å². The fourth-order valence-electron chi connectivity index (χ4n) is 2.73. The number of hydrogen-bond acceptors (Lipinski definition) is 4. The number of nitriles is 1. The van der Waals surface area contributed by atoms with Crippen molar-refractivity contribution < 1.29 is 0 Å². The van der Waals surface area contributed by atoms with Crippen LogP contribution in [-0.2, 0) is 6.54 Å². The van der Waals surface area contributed by atoms with Gasteiger partial charge in [0.05, 0.1) is 29.6 Å². The van der Waals surface area contributed by atoms with Crippen molar-refractivity contribution in [3.63, 3.8) is 0 Å². The minimum atomic E-state index is 0.631. The van der Waals surface area contributed by atoms with Crippen LogP contribution >= 0.6 is 0 Å². The standard InChI is InChI=1S/C18H14N6/c1-12-18-16(23-22-12)8-15(10-20-18)17-6-7-21-24(17)11-14-4-2-13(9-19)3-5-14/h2-8,10H,11H2,1H3,(H,22,23). The zero-order valence-corrected chi connectivity index (χ0v) is 13.1. The predicted molar refractivity (Wildman–Crippen MR) is 90.1 cm³/mol. The van der Waals surface area contributed by atoms with Gasteiger partial charge in [-0.25, -0.2) is 0 Å². The van der Waals surface area contributed by atoms with E-state index in [0.717, 1.165) is 33.5 Å². The molecule has 0 bridgehead atoms. The van der Waals surface area contributed by atoms with Crippen LogP contribution in [0.4, 0.5) is 0 Å². The molecule has 24 heavy (non-hydrogen) atoms. The second kappa shape index (κ2) is 5.63. The molecular weight excluding hydrogens is 300 g/mol. The summed E-state index contributed by atoms with van der Waals surface area (Å²) in [6, 6.07) is 13.6. The Hall–Kier alpha value is -3.46. The Bertz CT molecular complexity index is 1050. The zero-order chi connectivity index (χ0) is 16.5. The molecule has 0 amide bonds. The Kier molecular flexibility index (Phi) is 3.32. The second-order valence-corrected chi connectivity index (χ2v) is 5.62. The lowest BCUT2D eigenvalue weighted by atomic mass is 10.1. The van der Waals surface area contributed by atoms with E-state index < -0.39 is 0 Å². The van der Waals surface area contributed by atoms with Gasteiger partial charge in [0.1, 0.15) is 11.0 Å². The molecule has 3 aromatic heterocycles. The number of aryl methyl sites for hydroxylation is 1. The Morgan fingerprint density at radius 2 is 2.04 bits per heavy atom. The minimum Gasteiger partial charge on any atom is -0.280 e. The van der Waals surface area contributed by atoms with Crippen molar-refractivity contribution in [2.75, 3.05) is 0 Å². The van der Waals surface area contributed by atoms with Gasteiger partial charge in [0.2, 0.25) is 0 Å². The average molecular weight is 314 g/mol. The Morgan fingerprint density at radius 1 is 1.21 bits per heavy atom. The molecular formula is C18H14N6. The Labute approximate surface area is 138 Å². The van der Waals surface area contributed by atoms with E-state index in [2.05, 4.69) is 26.3 Å². The highest BCUT2D eigenvalue weighted by Crippen LogP contribution is 2.23. The first-order valence-corrected chi connectivity index (χ1v) is 7.56. The monoisotopic (exact) mass is 314 g/mol. The van der Waals surface area contributed by atoms with Crippen molar-refractivity contribution in [3.05, 3.63) is 65.6 Å². The molecule has 4 aromatic rings. The number of pyridine rings is 1. The average Bonchev–Trinajstić information content (AvgIpc) is 3.22. The summed E-state index contributed by atoms with van der Waals surface area (Å²) in [5.41, 5.74) is 6.39. The van der Waals surface area contributed by atoms with E-state index in [1.54, 1.807) is 6.20 Å². The van der Waals surface area contributed by atoms with Crippen LogP contribution in [0.3, 0.4) is 0 Å². The lowest BCUT2D eigenvalue weighted by Gasteiger charge is -2.08. The molecule has 0 unspecified atom stereocenters. The minimum absolute atomic E-state index is 0.631. The third kappa shape index (κ3) is 2.42. The molecule has 0 saturated heterocycles. The number of nitrogens with one attached hydrogen (secondary N) is 1. The van der Waals surface area contributed by atoms with Gasteiger partial charge < -0.3 is 0 Å². The Morgan fingerprint density at radius 3 is 2.83 bits per heavy atom. The number of nitrogens with zero attached hydrogens (tertiary/aromatic N) is 5. The maximum Gasteiger partial charge on any atom is 0.111 e. The van der Waals surface area contributed by atoms with Gasteiger partial charge >= 0.3 is 0 Å². The zero-order valence-electron chi connectivity index (χ0n) is 13.1. The molecule has 0 fully saturated rings. The number of hydrogen-bond donors (Lipinski definition) is 1. The molecule has 1 aromatic carbocycles. The van der Waals surface area contributed by atoms with Crippen LogP contribution in [0.5, 0.6) is 0 Å². The number of rotatable bonds is 3. The number of benzene rings is 1. The van der Waals surface area contributed by atoms with Crippen molar-refractivity contribution in [2.24, 2.45) is 0 Å². The lowest BCUT2D eigenvalue weighted by Crippen LogP contribution is -2.03. The van der Waals surface area contributed by atoms with Crippen LogP contribution in [0.1, 0.15) is 16.8 Å². The molecule has 6 heteroatoms. The third-order valence-corrected chi connectivity index (χ3v) is 3.99. The molecule has 0 saturated carbocycles. The summed E-state index contributed by atoms with van der Waals surface area (Å²) in [7, 11) is 0. The molecule has 0 aliphatic rings. The smallest absolute Gasteiger partial charge is 0.111 e. The summed E-state index contributed by atoms with van der Waals surface area (Å²) in [4.78, 5) is 4.50. The highest BCUT2D eigenvalue weighted by atomic mass is 15.3. The van der Waals surface area contributed by atoms with E-state index >= 15 is 0 Å². The lowest BCUT2D eigenvalue weighted by molar-refractivity contribution is 0.694. The largest absolute Gasteiger partial charge is 0.280 e. The van der Waals surface area contributed by atoms with Gasteiger partial charge in [-0.3, -0.25) is 14.8 Å². The van der Waals surface area contributed by atoms with Crippen molar-refractivity contribution in [1.29, 1.82) is 5.26 Å². The summed E-state index contributed by atoms with van der Waals surface area (Å²) in [6.07, 6.45) is 3.62. The van der Waals surface area contributed by atoms with Gasteiger partial charge in [-0.05, 0) is 36.8 Å². The first kappa shape index (κ1) is 14.2. The number of aromatic amines is 1. The van der Waals surface area contributed by atoms with Crippen molar-refractivity contribution in [2.45, 2.75) is 13.5 Å². The Balaban J connectivity index is 1.69. The van der Waals surface area contributed by atoms with Gasteiger partial charge in [0.15, 0.2) is 0 Å². The summed E-state index contributed by atoms with van der Waals surface area (Å²) in [5.74, 6) is 0. The molecule has 4 rings (SSSR count). The highest BCUT2D eigenvalue weighted by Gasteiger charge is 2.10. The van der Waals surface area contributed by atoms with E-state index in [-0.39, 0.29) is 0 Å². The molecule has 0 aliphatic carbocycles. The fraction of sp³-hybridized carbons (Fsp3) is 0.111. The maximum atomic E-state index is 8.88. The van der Waals surface area contributed by atoms with Crippen LogP contribution in [0.25, 0.3) is 22.3 Å². The van der Waals surface area contributed by atoms with Crippen molar-refractivity contribution >= 4 is 11.0 Å². The van der Waals surface area contributed by atoms with E-state index in [4.69, 9.17) is 5.26 Å². The summed E-state index contributed by atoms with van der Waals surface area (Å²) < 4.78 is 1.92. The normalized spacial score (nSPS) is 10.8. The number of H-pyrrole nitrogens is 1. The van der Waals surface area contributed by atoms with Crippen molar-refractivity contribution in [3.8, 4) is 17.3 Å². The van der Waals surface area contributed by atoms with Gasteiger partial charge in [-0.1, -0.05) is 12.1 Å². The first-order valence-electron chi connectivity index (χ1n) is 7.56. The second-order valence-electron chi connectivity index (χ2n) is 5.62. The van der Waals surface area contributed by atoms with E-state index in [1.165, 1.54) is 0 Å². The van der Waals surface area contributed by atoms with Gasteiger partial charge in [0, 0.05) is 18.0 Å². The number of fused-ring (bicyclic) bond motifs is 1. The SMILES string of the molecule is Cc1[nH]nc2cc(-c3ccnn3Cc3ccc(C#N)cc3)cnc12. The van der Waals surface area contributed by atoms with Crippen LogP contribution < -0.4 is 0 Å². The first-order chi connectivity index (χ1) is 11.7. The molecule has 116 valence electrons. The molecule has 0 atom stereocenters.